The van der Waals surface area contributed by atoms with Gasteiger partial charge in [-0.2, -0.15) is 8.78 Å². The Labute approximate surface area is 150 Å². The molecule has 0 spiro atoms. The van der Waals surface area contributed by atoms with Crippen LogP contribution in [0.25, 0.3) is 0 Å². The highest BCUT2D eigenvalue weighted by molar-refractivity contribution is 8.00. The first-order chi connectivity index (χ1) is 11.8. The molecule has 0 unspecified atom stereocenters. The van der Waals surface area contributed by atoms with Crippen molar-refractivity contribution in [2.24, 2.45) is 0 Å². The van der Waals surface area contributed by atoms with Gasteiger partial charge in [-0.3, -0.25) is 4.79 Å². The number of alkyl halides is 2. The van der Waals surface area contributed by atoms with Gasteiger partial charge in [-0.05, 0) is 51.0 Å². The smallest absolute Gasteiger partial charge is 0.387 e. The van der Waals surface area contributed by atoms with E-state index in [-0.39, 0.29) is 22.6 Å². The van der Waals surface area contributed by atoms with Gasteiger partial charge in [-0.25, -0.2) is 0 Å². The first-order valence-corrected chi connectivity index (χ1v) is 8.75. The van der Waals surface area contributed by atoms with E-state index >= 15 is 0 Å². The summed E-state index contributed by atoms with van der Waals surface area (Å²) in [6.45, 7) is 4.90. The lowest BCUT2D eigenvalue weighted by Gasteiger charge is -2.17. The van der Waals surface area contributed by atoms with Crippen LogP contribution < -0.4 is 10.1 Å². The summed E-state index contributed by atoms with van der Waals surface area (Å²) >= 11 is 1.45. The molecule has 0 heterocycles. The molecule has 0 aliphatic rings. The molecule has 1 atom stereocenters. The SMILES string of the molecule is Cc1cc(C)c(S[C@H](C)C(=O)Nc2ccccc2OC(F)F)c(C)c1. The van der Waals surface area contributed by atoms with Crippen LogP contribution in [-0.2, 0) is 4.79 Å². The lowest BCUT2D eigenvalue weighted by Crippen LogP contribution is -2.23. The Morgan fingerprint density at radius 3 is 2.32 bits per heavy atom. The molecule has 2 aromatic rings. The fraction of sp³-hybridized carbons (Fsp3) is 0.316. The Bertz CT molecular complexity index is 742. The minimum Gasteiger partial charge on any atom is -0.433 e. The van der Waals surface area contributed by atoms with Gasteiger partial charge >= 0.3 is 6.61 Å². The number of para-hydroxylation sites is 2. The van der Waals surface area contributed by atoms with Crippen LogP contribution >= 0.6 is 11.8 Å². The van der Waals surface area contributed by atoms with Crippen LogP contribution in [0.5, 0.6) is 5.75 Å². The van der Waals surface area contributed by atoms with Gasteiger partial charge in [0.2, 0.25) is 5.91 Å². The van der Waals surface area contributed by atoms with E-state index in [9.17, 15) is 13.6 Å². The molecule has 0 aliphatic carbocycles. The maximum absolute atomic E-state index is 12.5. The zero-order valence-corrected chi connectivity index (χ0v) is 15.4. The maximum Gasteiger partial charge on any atom is 0.387 e. The molecule has 1 amide bonds. The number of benzene rings is 2. The first-order valence-electron chi connectivity index (χ1n) is 7.87. The van der Waals surface area contributed by atoms with Gasteiger partial charge in [-0.15, -0.1) is 11.8 Å². The quantitative estimate of drug-likeness (QED) is 0.703. The second kappa shape index (κ2) is 8.34. The Kier molecular flexibility index (Phi) is 6.42. The maximum atomic E-state index is 12.5. The number of ether oxygens (including phenoxy) is 1. The number of rotatable bonds is 6. The van der Waals surface area contributed by atoms with Gasteiger partial charge in [0, 0.05) is 4.90 Å². The van der Waals surface area contributed by atoms with Crippen LogP contribution in [0.1, 0.15) is 23.6 Å². The van der Waals surface area contributed by atoms with Crippen molar-refractivity contribution in [3.05, 3.63) is 53.1 Å². The largest absolute Gasteiger partial charge is 0.433 e. The minimum atomic E-state index is -2.94. The molecule has 0 bridgehead atoms. The van der Waals surface area contributed by atoms with Crippen LogP contribution in [0.2, 0.25) is 0 Å². The van der Waals surface area contributed by atoms with E-state index in [0.717, 1.165) is 16.0 Å². The van der Waals surface area contributed by atoms with Crippen molar-refractivity contribution in [1.82, 2.24) is 0 Å². The molecule has 0 aliphatic heterocycles. The highest BCUT2D eigenvalue weighted by Crippen LogP contribution is 2.32. The molecule has 3 nitrogen and oxygen atoms in total. The zero-order chi connectivity index (χ0) is 18.6. The third-order valence-electron chi connectivity index (χ3n) is 3.63. The molecule has 6 heteroatoms. The summed E-state index contributed by atoms with van der Waals surface area (Å²) in [6, 6.07) is 10.3. The van der Waals surface area contributed by atoms with Gasteiger partial charge in [0.1, 0.15) is 5.75 Å². The van der Waals surface area contributed by atoms with Crippen LogP contribution in [0.15, 0.2) is 41.3 Å². The predicted molar refractivity (Wildman–Crippen MR) is 97.7 cm³/mol. The number of amides is 1. The number of carbonyl (C=O) groups excluding carboxylic acids is 1. The van der Waals surface area contributed by atoms with E-state index in [2.05, 4.69) is 22.2 Å². The second-order valence-corrected chi connectivity index (χ2v) is 7.20. The minimum absolute atomic E-state index is 0.0502. The van der Waals surface area contributed by atoms with Gasteiger partial charge in [0.15, 0.2) is 0 Å². The fourth-order valence-corrected chi connectivity index (χ4v) is 3.60. The summed E-state index contributed by atoms with van der Waals surface area (Å²) in [5.41, 5.74) is 3.64. The average molecular weight is 365 g/mol. The van der Waals surface area contributed by atoms with Crippen molar-refractivity contribution in [3.8, 4) is 5.75 Å². The Morgan fingerprint density at radius 1 is 1.12 bits per heavy atom. The number of aryl methyl sites for hydroxylation is 3. The third kappa shape index (κ3) is 5.19. The van der Waals surface area contributed by atoms with Crippen molar-refractivity contribution in [2.45, 2.75) is 44.5 Å². The van der Waals surface area contributed by atoms with Gasteiger partial charge in [0.05, 0.1) is 10.9 Å². The molecule has 0 saturated heterocycles. The highest BCUT2D eigenvalue weighted by Gasteiger charge is 2.19. The molecule has 134 valence electrons. The molecular formula is C19H21F2NO2S. The zero-order valence-electron chi connectivity index (χ0n) is 14.6. The van der Waals surface area contributed by atoms with Crippen LogP contribution in [0, 0.1) is 20.8 Å². The predicted octanol–water partition coefficient (Wildman–Crippen LogP) is 5.33. The summed E-state index contributed by atoms with van der Waals surface area (Å²) in [6.07, 6.45) is 0. The highest BCUT2D eigenvalue weighted by atomic mass is 32.2. The molecule has 0 aromatic heterocycles. The van der Waals surface area contributed by atoms with Crippen molar-refractivity contribution < 1.29 is 18.3 Å². The number of nitrogens with one attached hydrogen (secondary N) is 1. The van der Waals surface area contributed by atoms with Crippen LogP contribution in [0.4, 0.5) is 14.5 Å². The number of anilines is 1. The fourth-order valence-electron chi connectivity index (χ4n) is 2.59. The van der Waals surface area contributed by atoms with E-state index < -0.39 is 6.61 Å². The summed E-state index contributed by atoms with van der Waals surface area (Å²) in [5.74, 6) is -0.319. The van der Waals surface area contributed by atoms with Gasteiger partial charge < -0.3 is 10.1 Å². The summed E-state index contributed by atoms with van der Waals surface area (Å²) < 4.78 is 29.4. The van der Waals surface area contributed by atoms with Crippen molar-refractivity contribution in [2.75, 3.05) is 5.32 Å². The molecule has 0 radical (unpaired) electrons. The standard InChI is InChI=1S/C19H21F2NO2S/c1-11-9-12(2)17(13(3)10-11)25-14(4)18(23)22-15-7-5-6-8-16(15)24-19(20)21/h5-10,14,19H,1-4H3,(H,22,23)/t14-/m1/s1. The van der Waals surface area contributed by atoms with Gasteiger partial charge in [0.25, 0.3) is 0 Å². The van der Waals surface area contributed by atoms with Crippen molar-refractivity contribution in [3.63, 3.8) is 0 Å². The van der Waals surface area contributed by atoms with Gasteiger partial charge in [-0.1, -0.05) is 29.8 Å². The first kappa shape index (κ1) is 19.2. The molecule has 2 rings (SSSR count). The summed E-state index contributed by atoms with van der Waals surface area (Å²) in [5, 5.41) is 2.28. The molecule has 1 N–H and O–H groups in total. The third-order valence-corrected chi connectivity index (χ3v) is 5.08. The average Bonchev–Trinajstić information content (AvgIpc) is 2.52. The van der Waals surface area contributed by atoms with Crippen LogP contribution in [-0.4, -0.2) is 17.8 Å². The normalized spacial score (nSPS) is 12.1. The van der Waals surface area contributed by atoms with Crippen molar-refractivity contribution in [1.29, 1.82) is 0 Å². The lowest BCUT2D eigenvalue weighted by molar-refractivity contribution is -0.115. The number of carbonyl (C=O) groups is 1. The number of hydrogen-bond acceptors (Lipinski definition) is 3. The molecular weight excluding hydrogens is 344 g/mol. The number of halogens is 2. The topological polar surface area (TPSA) is 38.3 Å². The van der Waals surface area contributed by atoms with Crippen LogP contribution in [0.3, 0.4) is 0 Å². The molecule has 25 heavy (non-hydrogen) atoms. The Balaban J connectivity index is 2.12. The van der Waals surface area contributed by atoms with E-state index in [1.54, 1.807) is 19.1 Å². The number of hydrogen-bond donors (Lipinski definition) is 1. The lowest BCUT2D eigenvalue weighted by atomic mass is 10.1. The van der Waals surface area contributed by atoms with Crippen molar-refractivity contribution >= 4 is 23.4 Å². The van der Waals surface area contributed by atoms with E-state index in [0.29, 0.717) is 0 Å². The Hall–Kier alpha value is -2.08. The molecule has 0 fully saturated rings. The monoisotopic (exact) mass is 365 g/mol. The second-order valence-electron chi connectivity index (χ2n) is 5.85. The number of thioether (sulfide) groups is 1. The van der Waals surface area contributed by atoms with E-state index in [1.165, 1.54) is 29.5 Å². The Morgan fingerprint density at radius 2 is 1.72 bits per heavy atom. The summed E-state index contributed by atoms with van der Waals surface area (Å²) in [7, 11) is 0. The molecule has 2 aromatic carbocycles. The molecule has 0 saturated carbocycles. The van der Waals surface area contributed by atoms with E-state index in [1.807, 2.05) is 20.8 Å². The summed E-state index contributed by atoms with van der Waals surface area (Å²) in [4.78, 5) is 13.5. The van der Waals surface area contributed by atoms with E-state index in [4.69, 9.17) is 0 Å².